The van der Waals surface area contributed by atoms with Gasteiger partial charge in [0.15, 0.2) is 0 Å². The highest BCUT2D eigenvalue weighted by Gasteiger charge is 2.30. The average molecular weight is 338 g/mol. The van der Waals surface area contributed by atoms with Gasteiger partial charge in [0.25, 0.3) is 0 Å². The maximum absolute atomic E-state index is 12.4. The number of carbonyl (C=O) groups excluding carboxylic acids is 1. The fourth-order valence-corrected chi connectivity index (χ4v) is 3.05. The molecule has 2 rings (SSSR count). The first-order chi connectivity index (χ1) is 10.8. The number of fused-ring (bicyclic) bond motifs is 1. The molecule has 1 atom stereocenters. The largest absolute Gasteiger partial charge is 0.443 e. The van der Waals surface area contributed by atoms with Crippen LogP contribution in [0.1, 0.15) is 31.9 Å². The van der Waals surface area contributed by atoms with Gasteiger partial charge in [0.2, 0.25) is 0 Å². The number of hydrogen-bond donors (Lipinski definition) is 1. The minimum Gasteiger partial charge on any atom is -0.443 e. The lowest BCUT2D eigenvalue weighted by atomic mass is 10.1. The SMILES string of the molecule is CS(=O)CCNCc1cccc2c1N(C(=O)OC(C)(C)C)CC2. The molecule has 0 aromatic heterocycles. The van der Waals surface area contributed by atoms with Gasteiger partial charge < -0.3 is 10.1 Å². The molecule has 0 bridgehead atoms. The molecule has 6 heteroatoms. The lowest BCUT2D eigenvalue weighted by molar-refractivity contribution is 0.0583. The van der Waals surface area contributed by atoms with Gasteiger partial charge in [0, 0.05) is 42.4 Å². The number of ether oxygens (including phenoxy) is 1. The van der Waals surface area contributed by atoms with E-state index < -0.39 is 16.4 Å². The Balaban J connectivity index is 2.10. The van der Waals surface area contributed by atoms with Crippen molar-refractivity contribution in [2.24, 2.45) is 0 Å². The van der Waals surface area contributed by atoms with E-state index in [1.165, 1.54) is 5.56 Å². The zero-order chi connectivity index (χ0) is 17.0. The van der Waals surface area contributed by atoms with E-state index in [1.54, 1.807) is 11.2 Å². The molecule has 1 heterocycles. The van der Waals surface area contributed by atoms with E-state index in [0.717, 1.165) is 17.7 Å². The van der Waals surface area contributed by atoms with Crippen molar-refractivity contribution in [2.75, 3.05) is 30.0 Å². The molecule has 23 heavy (non-hydrogen) atoms. The van der Waals surface area contributed by atoms with Gasteiger partial charge in [0.05, 0.1) is 5.69 Å². The van der Waals surface area contributed by atoms with Crippen LogP contribution in [0.4, 0.5) is 10.5 Å². The summed E-state index contributed by atoms with van der Waals surface area (Å²) in [5.41, 5.74) is 2.71. The number of nitrogens with one attached hydrogen (secondary N) is 1. The van der Waals surface area contributed by atoms with Crippen LogP contribution >= 0.6 is 0 Å². The van der Waals surface area contributed by atoms with Gasteiger partial charge in [-0.15, -0.1) is 0 Å². The third-order valence-electron chi connectivity index (χ3n) is 3.57. The number of rotatable bonds is 5. The van der Waals surface area contributed by atoms with Gasteiger partial charge in [-0.1, -0.05) is 18.2 Å². The third-order valence-corrected chi connectivity index (χ3v) is 4.35. The molecule has 1 aliphatic rings. The summed E-state index contributed by atoms with van der Waals surface area (Å²) >= 11 is 0. The number of benzene rings is 1. The molecule has 1 unspecified atom stereocenters. The minimum absolute atomic E-state index is 0.293. The maximum Gasteiger partial charge on any atom is 0.414 e. The summed E-state index contributed by atoms with van der Waals surface area (Å²) in [6.45, 7) is 7.62. The highest BCUT2D eigenvalue weighted by Crippen LogP contribution is 2.33. The Kier molecular flexibility index (Phi) is 5.81. The fourth-order valence-electron chi connectivity index (χ4n) is 2.62. The van der Waals surface area contributed by atoms with Crippen molar-refractivity contribution in [3.63, 3.8) is 0 Å². The van der Waals surface area contributed by atoms with Gasteiger partial charge >= 0.3 is 6.09 Å². The molecule has 1 aromatic rings. The molecule has 0 aliphatic carbocycles. The van der Waals surface area contributed by atoms with Crippen LogP contribution in [0.25, 0.3) is 0 Å². The Labute approximate surface area is 140 Å². The first-order valence-electron chi connectivity index (χ1n) is 7.90. The van der Waals surface area contributed by atoms with Crippen LogP contribution in [0.2, 0.25) is 0 Å². The van der Waals surface area contributed by atoms with Crippen molar-refractivity contribution in [3.8, 4) is 0 Å². The van der Waals surface area contributed by atoms with Crippen LogP contribution in [-0.4, -0.2) is 41.0 Å². The molecule has 0 fully saturated rings. The third kappa shape index (κ3) is 5.04. The van der Waals surface area contributed by atoms with Crippen LogP contribution in [0.3, 0.4) is 0 Å². The highest BCUT2D eigenvalue weighted by molar-refractivity contribution is 7.84. The molecule has 128 valence electrons. The Hall–Kier alpha value is -1.40. The van der Waals surface area contributed by atoms with Crippen LogP contribution in [0, 0.1) is 0 Å². The molecule has 1 N–H and O–H groups in total. The quantitative estimate of drug-likeness (QED) is 0.838. The maximum atomic E-state index is 12.4. The summed E-state index contributed by atoms with van der Waals surface area (Å²) in [5.74, 6) is 0.630. The number of anilines is 1. The topological polar surface area (TPSA) is 58.6 Å². The lowest BCUT2D eigenvalue weighted by Gasteiger charge is -2.26. The number of amides is 1. The smallest absolute Gasteiger partial charge is 0.414 e. The Bertz CT molecular complexity index is 596. The molecular weight excluding hydrogens is 312 g/mol. The molecule has 1 aromatic carbocycles. The zero-order valence-electron chi connectivity index (χ0n) is 14.3. The summed E-state index contributed by atoms with van der Waals surface area (Å²) in [7, 11) is -0.795. The first-order valence-corrected chi connectivity index (χ1v) is 9.62. The predicted octanol–water partition coefficient (Wildman–Crippen LogP) is 2.45. The van der Waals surface area contributed by atoms with E-state index >= 15 is 0 Å². The van der Waals surface area contributed by atoms with Crippen LogP contribution in [0.5, 0.6) is 0 Å². The zero-order valence-corrected chi connectivity index (χ0v) is 15.2. The second kappa shape index (κ2) is 7.45. The van der Waals surface area contributed by atoms with Gasteiger partial charge in [-0.2, -0.15) is 0 Å². The Morgan fingerprint density at radius 1 is 1.39 bits per heavy atom. The fraction of sp³-hybridized carbons (Fsp3) is 0.588. The van der Waals surface area contributed by atoms with Crippen molar-refractivity contribution in [2.45, 2.75) is 39.3 Å². The van der Waals surface area contributed by atoms with Crippen molar-refractivity contribution in [1.29, 1.82) is 0 Å². The Morgan fingerprint density at radius 3 is 2.78 bits per heavy atom. The molecule has 1 amide bonds. The molecular formula is C17H26N2O3S. The predicted molar refractivity (Wildman–Crippen MR) is 94.4 cm³/mol. The van der Waals surface area contributed by atoms with Gasteiger partial charge in [-0.25, -0.2) is 4.79 Å². The molecule has 0 saturated carbocycles. The molecule has 5 nitrogen and oxygen atoms in total. The minimum atomic E-state index is -0.795. The standard InChI is InChI=1S/C17H26N2O3S/c1-17(2,3)22-16(20)19-10-8-13-6-5-7-14(15(13)19)12-18-9-11-23(4)21/h5-7,18H,8-12H2,1-4H3. The average Bonchev–Trinajstić information content (AvgIpc) is 2.86. The van der Waals surface area contributed by atoms with Crippen LogP contribution in [0.15, 0.2) is 18.2 Å². The molecule has 1 aliphatic heterocycles. The van der Waals surface area contributed by atoms with E-state index in [1.807, 2.05) is 32.9 Å². The van der Waals surface area contributed by atoms with Gasteiger partial charge in [-0.05, 0) is 38.3 Å². The molecule has 0 radical (unpaired) electrons. The summed E-state index contributed by atoms with van der Waals surface area (Å²) in [6.07, 6.45) is 2.26. The second-order valence-corrected chi connectivity index (χ2v) is 8.32. The second-order valence-electron chi connectivity index (χ2n) is 6.76. The highest BCUT2D eigenvalue weighted by atomic mass is 32.2. The van der Waals surface area contributed by atoms with Gasteiger partial charge in [-0.3, -0.25) is 9.11 Å². The van der Waals surface area contributed by atoms with E-state index in [4.69, 9.17) is 4.74 Å². The van der Waals surface area contributed by atoms with Crippen LogP contribution < -0.4 is 10.2 Å². The number of para-hydroxylation sites is 1. The monoisotopic (exact) mass is 338 g/mol. The normalized spacial score (nSPS) is 15.4. The number of nitrogens with zero attached hydrogens (tertiary/aromatic N) is 1. The lowest BCUT2D eigenvalue weighted by Crippen LogP contribution is -2.36. The van der Waals surface area contributed by atoms with E-state index in [9.17, 15) is 9.00 Å². The molecule has 0 saturated heterocycles. The number of carbonyl (C=O) groups is 1. The summed E-state index contributed by atoms with van der Waals surface area (Å²) in [4.78, 5) is 14.2. The van der Waals surface area contributed by atoms with Crippen LogP contribution in [-0.2, 0) is 28.5 Å². The summed E-state index contributed by atoms with van der Waals surface area (Å²) < 4.78 is 16.6. The molecule has 0 spiro atoms. The van der Waals surface area contributed by atoms with Crippen molar-refractivity contribution < 1.29 is 13.7 Å². The summed E-state index contributed by atoms with van der Waals surface area (Å²) in [5, 5.41) is 3.30. The van der Waals surface area contributed by atoms with Crippen molar-refractivity contribution >= 4 is 22.6 Å². The summed E-state index contributed by atoms with van der Waals surface area (Å²) in [6, 6.07) is 6.11. The Morgan fingerprint density at radius 2 is 2.13 bits per heavy atom. The number of hydrogen-bond acceptors (Lipinski definition) is 4. The van der Waals surface area contributed by atoms with E-state index in [-0.39, 0.29) is 6.09 Å². The van der Waals surface area contributed by atoms with Crippen molar-refractivity contribution in [3.05, 3.63) is 29.3 Å². The first kappa shape index (κ1) is 17.9. The van der Waals surface area contributed by atoms with Gasteiger partial charge in [0.1, 0.15) is 5.60 Å². The van der Waals surface area contributed by atoms with E-state index in [2.05, 4.69) is 11.4 Å². The van der Waals surface area contributed by atoms with Crippen molar-refractivity contribution in [1.82, 2.24) is 5.32 Å². The van der Waals surface area contributed by atoms with E-state index in [0.29, 0.717) is 25.4 Å².